The molecule has 1 amide bonds. The maximum atomic E-state index is 12.4. The van der Waals surface area contributed by atoms with Crippen molar-refractivity contribution in [3.8, 4) is 0 Å². The van der Waals surface area contributed by atoms with Crippen LogP contribution < -0.4 is 10.7 Å². The Bertz CT molecular complexity index is 929. The van der Waals surface area contributed by atoms with Crippen molar-refractivity contribution < 1.29 is 4.79 Å². The van der Waals surface area contributed by atoms with E-state index in [-0.39, 0.29) is 16.9 Å². The summed E-state index contributed by atoms with van der Waals surface area (Å²) in [5, 5.41) is 7.33. The van der Waals surface area contributed by atoms with Crippen molar-refractivity contribution in [2.24, 2.45) is 7.05 Å². The lowest BCUT2D eigenvalue weighted by molar-refractivity contribution is 0.0953. The van der Waals surface area contributed by atoms with E-state index in [2.05, 4.69) is 31.3 Å². The van der Waals surface area contributed by atoms with E-state index >= 15 is 0 Å². The summed E-state index contributed by atoms with van der Waals surface area (Å²) in [4.78, 5) is 27.7. The van der Waals surface area contributed by atoms with E-state index in [1.807, 2.05) is 19.3 Å². The fraction of sp³-hybridized carbons (Fsp3) is 0.188. The molecule has 3 rings (SSSR count). The Labute approximate surface area is 140 Å². The Kier molecular flexibility index (Phi) is 4.29. The molecule has 0 aliphatic carbocycles. The van der Waals surface area contributed by atoms with Gasteiger partial charge in [-0.2, -0.15) is 5.10 Å². The molecule has 0 bridgehead atoms. The molecule has 3 aromatic rings. The number of amides is 1. The fourth-order valence-corrected chi connectivity index (χ4v) is 2.74. The molecule has 2 N–H and O–H groups in total. The highest BCUT2D eigenvalue weighted by Gasteiger charge is 2.12. The molecular weight excluding hydrogens is 360 g/mol. The maximum Gasteiger partial charge on any atom is 0.256 e. The molecule has 0 unspecified atom stereocenters. The Morgan fingerprint density at radius 3 is 3.00 bits per heavy atom. The normalized spacial score (nSPS) is 10.9. The second-order valence-corrected chi connectivity index (χ2v) is 6.17. The van der Waals surface area contributed by atoms with Crippen molar-refractivity contribution in [1.82, 2.24) is 20.1 Å². The lowest BCUT2D eigenvalue weighted by atomic mass is 10.1. The van der Waals surface area contributed by atoms with Crippen LogP contribution in [0.15, 0.2) is 46.1 Å². The zero-order valence-corrected chi connectivity index (χ0v) is 14.1. The van der Waals surface area contributed by atoms with E-state index in [4.69, 9.17) is 0 Å². The SMILES string of the molecule is Cn1cc(CCNC(=O)c2c[nH]c3ccc(Br)cc3c2=O)cn1. The standard InChI is InChI=1S/C16H15BrN4O2/c1-21-9-10(7-20-21)4-5-18-16(23)13-8-19-14-3-2-11(17)6-12(14)15(13)22/h2-3,6-9H,4-5H2,1H3,(H,18,23)(H,19,22). The number of rotatable bonds is 4. The van der Waals surface area contributed by atoms with Crippen LogP contribution in [-0.4, -0.2) is 27.2 Å². The predicted octanol–water partition coefficient (Wildman–Crippen LogP) is 2.00. The van der Waals surface area contributed by atoms with Gasteiger partial charge in [0, 0.05) is 41.4 Å². The largest absolute Gasteiger partial charge is 0.360 e. The highest BCUT2D eigenvalue weighted by Crippen LogP contribution is 2.15. The number of carbonyl (C=O) groups excluding carboxylic acids is 1. The molecule has 2 aromatic heterocycles. The summed E-state index contributed by atoms with van der Waals surface area (Å²) in [6.07, 6.45) is 5.77. The molecular formula is C16H15BrN4O2. The lowest BCUT2D eigenvalue weighted by Crippen LogP contribution is -2.30. The van der Waals surface area contributed by atoms with Crippen LogP contribution in [0, 0.1) is 0 Å². The van der Waals surface area contributed by atoms with Crippen molar-refractivity contribution in [3.63, 3.8) is 0 Å². The molecule has 2 heterocycles. The number of nitrogens with one attached hydrogen (secondary N) is 2. The van der Waals surface area contributed by atoms with E-state index in [1.165, 1.54) is 6.20 Å². The molecule has 0 aliphatic rings. The number of hydrogen-bond acceptors (Lipinski definition) is 3. The molecule has 0 radical (unpaired) electrons. The molecule has 0 atom stereocenters. The Morgan fingerprint density at radius 2 is 2.26 bits per heavy atom. The number of carbonyl (C=O) groups is 1. The number of aryl methyl sites for hydroxylation is 1. The second kappa shape index (κ2) is 6.37. The van der Waals surface area contributed by atoms with Crippen LogP contribution in [-0.2, 0) is 13.5 Å². The lowest BCUT2D eigenvalue weighted by Gasteiger charge is -2.05. The van der Waals surface area contributed by atoms with Gasteiger partial charge in [-0.3, -0.25) is 14.3 Å². The molecule has 7 heteroatoms. The number of hydrogen-bond donors (Lipinski definition) is 2. The van der Waals surface area contributed by atoms with Gasteiger partial charge in [0.2, 0.25) is 5.43 Å². The van der Waals surface area contributed by atoms with Gasteiger partial charge < -0.3 is 10.3 Å². The van der Waals surface area contributed by atoms with Gasteiger partial charge in [0.1, 0.15) is 5.56 Å². The zero-order chi connectivity index (χ0) is 16.4. The van der Waals surface area contributed by atoms with Crippen LogP contribution in [0.4, 0.5) is 0 Å². The summed E-state index contributed by atoms with van der Waals surface area (Å²) < 4.78 is 2.51. The smallest absolute Gasteiger partial charge is 0.256 e. The first-order chi connectivity index (χ1) is 11.0. The molecule has 0 aliphatic heterocycles. The summed E-state index contributed by atoms with van der Waals surface area (Å²) in [7, 11) is 1.84. The average Bonchev–Trinajstić information content (AvgIpc) is 2.93. The van der Waals surface area contributed by atoms with Crippen molar-refractivity contribution in [2.45, 2.75) is 6.42 Å². The number of aromatic nitrogens is 3. The van der Waals surface area contributed by atoms with Crippen LogP contribution in [0.2, 0.25) is 0 Å². The maximum absolute atomic E-state index is 12.4. The van der Waals surface area contributed by atoms with Crippen LogP contribution in [0.3, 0.4) is 0 Å². The van der Waals surface area contributed by atoms with Gasteiger partial charge in [-0.25, -0.2) is 0 Å². The minimum absolute atomic E-state index is 0.113. The quantitative estimate of drug-likeness (QED) is 0.732. The van der Waals surface area contributed by atoms with Gasteiger partial charge in [0.05, 0.1) is 6.20 Å². The number of benzene rings is 1. The number of fused-ring (bicyclic) bond motifs is 1. The first-order valence-electron chi connectivity index (χ1n) is 7.11. The summed E-state index contributed by atoms with van der Waals surface area (Å²) in [6.45, 7) is 0.445. The van der Waals surface area contributed by atoms with E-state index in [9.17, 15) is 9.59 Å². The molecule has 0 fully saturated rings. The number of pyridine rings is 1. The third-order valence-electron chi connectivity index (χ3n) is 3.55. The summed E-state index contributed by atoms with van der Waals surface area (Å²) in [6, 6.07) is 5.34. The van der Waals surface area contributed by atoms with Gasteiger partial charge in [-0.1, -0.05) is 15.9 Å². The Hall–Kier alpha value is -2.41. The summed E-state index contributed by atoms with van der Waals surface area (Å²) in [5.74, 6) is -0.378. The third kappa shape index (κ3) is 3.34. The van der Waals surface area contributed by atoms with Gasteiger partial charge in [0.25, 0.3) is 5.91 Å². The van der Waals surface area contributed by atoms with Crippen molar-refractivity contribution in [2.75, 3.05) is 6.54 Å². The molecule has 23 heavy (non-hydrogen) atoms. The van der Waals surface area contributed by atoms with E-state index in [1.54, 1.807) is 23.0 Å². The van der Waals surface area contributed by atoms with Crippen LogP contribution in [0.1, 0.15) is 15.9 Å². The molecule has 1 aromatic carbocycles. The number of nitrogens with zero attached hydrogens (tertiary/aromatic N) is 2. The van der Waals surface area contributed by atoms with Crippen LogP contribution in [0.5, 0.6) is 0 Å². The Morgan fingerprint density at radius 1 is 1.43 bits per heavy atom. The van der Waals surface area contributed by atoms with Crippen molar-refractivity contribution >= 4 is 32.7 Å². The minimum Gasteiger partial charge on any atom is -0.360 e. The zero-order valence-electron chi connectivity index (χ0n) is 12.5. The third-order valence-corrected chi connectivity index (χ3v) is 4.04. The molecule has 0 saturated heterocycles. The topological polar surface area (TPSA) is 79.8 Å². The monoisotopic (exact) mass is 374 g/mol. The van der Waals surface area contributed by atoms with Crippen LogP contribution in [0.25, 0.3) is 10.9 Å². The van der Waals surface area contributed by atoms with E-state index in [0.29, 0.717) is 23.9 Å². The summed E-state index contributed by atoms with van der Waals surface area (Å²) >= 11 is 3.34. The van der Waals surface area contributed by atoms with E-state index < -0.39 is 0 Å². The molecule has 0 saturated carbocycles. The fourth-order valence-electron chi connectivity index (χ4n) is 2.38. The predicted molar refractivity (Wildman–Crippen MR) is 91.5 cm³/mol. The highest BCUT2D eigenvalue weighted by molar-refractivity contribution is 9.10. The van der Waals surface area contributed by atoms with Crippen molar-refractivity contribution in [1.29, 1.82) is 0 Å². The first kappa shape index (κ1) is 15.5. The van der Waals surface area contributed by atoms with Gasteiger partial charge in [-0.15, -0.1) is 0 Å². The molecule has 6 nitrogen and oxygen atoms in total. The van der Waals surface area contributed by atoms with E-state index in [0.717, 1.165) is 10.0 Å². The van der Waals surface area contributed by atoms with Crippen LogP contribution >= 0.6 is 15.9 Å². The molecule has 118 valence electrons. The number of H-pyrrole nitrogens is 1. The van der Waals surface area contributed by atoms with Gasteiger partial charge in [-0.05, 0) is 30.2 Å². The number of aromatic amines is 1. The Balaban J connectivity index is 1.75. The van der Waals surface area contributed by atoms with Gasteiger partial charge >= 0.3 is 0 Å². The average molecular weight is 375 g/mol. The highest BCUT2D eigenvalue weighted by atomic mass is 79.9. The first-order valence-corrected chi connectivity index (χ1v) is 7.90. The number of halogens is 1. The minimum atomic E-state index is -0.378. The van der Waals surface area contributed by atoms with Gasteiger partial charge in [0.15, 0.2) is 0 Å². The van der Waals surface area contributed by atoms with Crippen molar-refractivity contribution in [3.05, 3.63) is 62.6 Å². The molecule has 0 spiro atoms. The second-order valence-electron chi connectivity index (χ2n) is 5.25. The summed E-state index contributed by atoms with van der Waals surface area (Å²) in [5.41, 5.74) is 1.56.